The van der Waals surface area contributed by atoms with E-state index in [2.05, 4.69) is 4.98 Å². The Bertz CT molecular complexity index is 505. The van der Waals surface area contributed by atoms with Crippen molar-refractivity contribution in [3.05, 3.63) is 41.1 Å². The second-order valence-electron chi connectivity index (χ2n) is 3.59. The van der Waals surface area contributed by atoms with E-state index < -0.39 is 0 Å². The Morgan fingerprint density at radius 3 is 2.53 bits per heavy atom. The van der Waals surface area contributed by atoms with Crippen LogP contribution < -0.4 is 5.69 Å². The topological polar surface area (TPSA) is 44.8 Å². The normalized spacial score (nSPS) is 10.8. The molecule has 2 aromatic rings. The molecule has 0 aliphatic rings. The highest BCUT2D eigenvalue weighted by molar-refractivity contribution is 4.92. The SMILES string of the molecule is Cn1ccnc1CCn1ccn(C)c1=O. The Hall–Kier alpha value is -1.78. The molecule has 5 heteroatoms. The van der Waals surface area contributed by atoms with Crippen LogP contribution in [-0.4, -0.2) is 18.7 Å². The van der Waals surface area contributed by atoms with E-state index >= 15 is 0 Å². The smallest absolute Gasteiger partial charge is 0.327 e. The van der Waals surface area contributed by atoms with E-state index in [-0.39, 0.29) is 5.69 Å². The van der Waals surface area contributed by atoms with E-state index in [4.69, 9.17) is 0 Å². The third-order valence-corrected chi connectivity index (χ3v) is 2.51. The molecule has 2 aromatic heterocycles. The van der Waals surface area contributed by atoms with Gasteiger partial charge in [0.25, 0.3) is 0 Å². The molecule has 2 rings (SSSR count). The molecule has 0 aliphatic carbocycles. The van der Waals surface area contributed by atoms with Crippen LogP contribution in [0.2, 0.25) is 0 Å². The zero-order valence-electron chi connectivity index (χ0n) is 8.92. The fourth-order valence-corrected chi connectivity index (χ4v) is 1.54. The highest BCUT2D eigenvalue weighted by Gasteiger charge is 2.02. The van der Waals surface area contributed by atoms with Gasteiger partial charge in [-0.25, -0.2) is 9.78 Å². The van der Waals surface area contributed by atoms with Crippen molar-refractivity contribution in [3.8, 4) is 0 Å². The van der Waals surface area contributed by atoms with Crippen molar-refractivity contribution in [2.45, 2.75) is 13.0 Å². The van der Waals surface area contributed by atoms with Crippen LogP contribution in [0.5, 0.6) is 0 Å². The third-order valence-electron chi connectivity index (χ3n) is 2.51. The van der Waals surface area contributed by atoms with Gasteiger partial charge in [-0.15, -0.1) is 0 Å². The monoisotopic (exact) mass is 206 g/mol. The Balaban J connectivity index is 2.09. The fraction of sp³-hybridized carbons (Fsp3) is 0.400. The van der Waals surface area contributed by atoms with Crippen molar-refractivity contribution in [1.82, 2.24) is 18.7 Å². The molecule has 0 N–H and O–H groups in total. The fourth-order valence-electron chi connectivity index (χ4n) is 1.54. The van der Waals surface area contributed by atoms with E-state index in [1.807, 2.05) is 17.8 Å². The quantitative estimate of drug-likeness (QED) is 0.718. The van der Waals surface area contributed by atoms with Gasteiger partial charge < -0.3 is 9.13 Å². The molecular weight excluding hydrogens is 192 g/mol. The molecule has 0 radical (unpaired) electrons. The summed E-state index contributed by atoms with van der Waals surface area (Å²) in [7, 11) is 3.70. The van der Waals surface area contributed by atoms with Crippen molar-refractivity contribution in [2.75, 3.05) is 0 Å². The predicted octanol–water partition coefficient (Wildman–Crippen LogP) is 0.163. The summed E-state index contributed by atoms with van der Waals surface area (Å²) < 4.78 is 5.22. The lowest BCUT2D eigenvalue weighted by molar-refractivity contribution is 0.619. The maximum Gasteiger partial charge on any atom is 0.327 e. The number of hydrogen-bond donors (Lipinski definition) is 0. The summed E-state index contributed by atoms with van der Waals surface area (Å²) in [6.45, 7) is 0.671. The molecule has 0 fully saturated rings. The summed E-state index contributed by atoms with van der Waals surface area (Å²) in [5.74, 6) is 0.991. The first-order valence-electron chi connectivity index (χ1n) is 4.86. The second-order valence-corrected chi connectivity index (χ2v) is 3.59. The summed E-state index contributed by atoms with van der Waals surface area (Å²) in [4.78, 5) is 15.7. The highest BCUT2D eigenvalue weighted by Crippen LogP contribution is 1.97. The average molecular weight is 206 g/mol. The molecule has 0 spiro atoms. The van der Waals surface area contributed by atoms with Gasteiger partial charge in [-0.05, 0) is 0 Å². The van der Waals surface area contributed by atoms with E-state index in [1.165, 1.54) is 0 Å². The van der Waals surface area contributed by atoms with Crippen LogP contribution in [0.4, 0.5) is 0 Å². The zero-order chi connectivity index (χ0) is 10.8. The van der Waals surface area contributed by atoms with Gasteiger partial charge in [-0.2, -0.15) is 0 Å². The predicted molar refractivity (Wildman–Crippen MR) is 56.6 cm³/mol. The highest BCUT2D eigenvalue weighted by atomic mass is 16.1. The molecule has 0 saturated carbocycles. The Morgan fingerprint density at radius 2 is 2.00 bits per heavy atom. The lowest BCUT2D eigenvalue weighted by Crippen LogP contribution is -2.23. The van der Waals surface area contributed by atoms with Gasteiger partial charge in [0.15, 0.2) is 0 Å². The number of imidazole rings is 2. The number of hydrogen-bond acceptors (Lipinski definition) is 2. The van der Waals surface area contributed by atoms with Crippen molar-refractivity contribution < 1.29 is 0 Å². The minimum Gasteiger partial charge on any atom is -0.338 e. The van der Waals surface area contributed by atoms with Gasteiger partial charge in [0.1, 0.15) is 5.82 Å². The molecule has 80 valence electrons. The third kappa shape index (κ3) is 1.86. The van der Waals surface area contributed by atoms with Crippen molar-refractivity contribution in [2.24, 2.45) is 14.1 Å². The molecule has 0 bridgehead atoms. The first-order chi connectivity index (χ1) is 7.18. The summed E-state index contributed by atoms with van der Waals surface area (Å²) >= 11 is 0. The Kier molecular flexibility index (Phi) is 2.45. The van der Waals surface area contributed by atoms with Gasteiger partial charge >= 0.3 is 5.69 Å². The minimum atomic E-state index is 0.0178. The molecule has 0 saturated heterocycles. The number of nitrogens with zero attached hydrogens (tertiary/aromatic N) is 4. The largest absolute Gasteiger partial charge is 0.338 e. The maximum absolute atomic E-state index is 11.5. The van der Waals surface area contributed by atoms with E-state index in [0.29, 0.717) is 6.54 Å². The van der Waals surface area contributed by atoms with Gasteiger partial charge in [0.05, 0.1) is 0 Å². The molecule has 15 heavy (non-hydrogen) atoms. The van der Waals surface area contributed by atoms with Crippen LogP contribution in [0.3, 0.4) is 0 Å². The van der Waals surface area contributed by atoms with Gasteiger partial charge in [0, 0.05) is 51.8 Å². The van der Waals surface area contributed by atoms with Gasteiger partial charge in [0.2, 0.25) is 0 Å². The first-order valence-corrected chi connectivity index (χ1v) is 4.86. The molecular formula is C10H14N4O. The van der Waals surface area contributed by atoms with Crippen LogP contribution in [0.1, 0.15) is 5.82 Å². The average Bonchev–Trinajstić information content (AvgIpc) is 2.74. The van der Waals surface area contributed by atoms with E-state index in [0.717, 1.165) is 12.2 Å². The molecule has 0 unspecified atom stereocenters. The van der Waals surface area contributed by atoms with E-state index in [1.54, 1.807) is 34.8 Å². The lowest BCUT2D eigenvalue weighted by Gasteiger charge is -2.01. The van der Waals surface area contributed by atoms with Crippen LogP contribution in [0.15, 0.2) is 29.6 Å². The van der Waals surface area contributed by atoms with E-state index in [9.17, 15) is 4.79 Å². The Morgan fingerprint density at radius 1 is 1.20 bits per heavy atom. The molecule has 5 nitrogen and oxygen atoms in total. The Labute approximate surface area is 87.6 Å². The number of rotatable bonds is 3. The summed E-state index contributed by atoms with van der Waals surface area (Å²) in [5.41, 5.74) is 0.0178. The zero-order valence-corrected chi connectivity index (χ0v) is 8.92. The van der Waals surface area contributed by atoms with Crippen molar-refractivity contribution in [1.29, 1.82) is 0 Å². The molecule has 0 aliphatic heterocycles. The van der Waals surface area contributed by atoms with Crippen LogP contribution >= 0.6 is 0 Å². The van der Waals surface area contributed by atoms with Crippen molar-refractivity contribution >= 4 is 0 Å². The van der Waals surface area contributed by atoms with Crippen molar-refractivity contribution in [3.63, 3.8) is 0 Å². The lowest BCUT2D eigenvalue weighted by atomic mass is 10.4. The second kappa shape index (κ2) is 3.76. The van der Waals surface area contributed by atoms with Crippen LogP contribution in [0.25, 0.3) is 0 Å². The minimum absolute atomic E-state index is 0.0178. The maximum atomic E-state index is 11.5. The number of aromatic nitrogens is 4. The molecule has 2 heterocycles. The number of aryl methyl sites for hydroxylation is 4. The molecule has 0 amide bonds. The van der Waals surface area contributed by atoms with Gasteiger partial charge in [-0.1, -0.05) is 0 Å². The van der Waals surface area contributed by atoms with Crippen LogP contribution in [-0.2, 0) is 27.1 Å². The molecule has 0 atom stereocenters. The van der Waals surface area contributed by atoms with Gasteiger partial charge in [-0.3, -0.25) is 4.57 Å². The first kappa shape index (κ1) is 9.76. The molecule has 0 aromatic carbocycles. The standard InChI is InChI=1S/C10H14N4O/c1-12-6-4-11-9(12)3-5-14-8-7-13(2)10(14)15/h4,6-8H,3,5H2,1-2H3. The summed E-state index contributed by atoms with van der Waals surface area (Å²) in [5, 5.41) is 0. The summed E-state index contributed by atoms with van der Waals surface area (Å²) in [6, 6.07) is 0. The van der Waals surface area contributed by atoms with Crippen LogP contribution in [0, 0.1) is 0 Å². The summed E-state index contributed by atoms with van der Waals surface area (Å²) in [6.07, 6.45) is 8.01.